The van der Waals surface area contributed by atoms with Crippen LogP contribution in [0.4, 0.5) is 5.13 Å². The molecule has 2 amide bonds. The monoisotopic (exact) mass is 397 g/mol. The van der Waals surface area contributed by atoms with Gasteiger partial charge in [0.2, 0.25) is 11.8 Å². The van der Waals surface area contributed by atoms with Crippen LogP contribution in [0.1, 0.15) is 48.7 Å². The van der Waals surface area contributed by atoms with Crippen LogP contribution in [-0.2, 0) is 9.59 Å². The second-order valence-corrected chi connectivity index (χ2v) is 8.49. The first-order valence-corrected chi connectivity index (χ1v) is 10.5. The summed E-state index contributed by atoms with van der Waals surface area (Å²) in [5.41, 5.74) is 1.43. The standard InChI is InChI=1S/C21H23N3O3S/c1-13(25)19-18(14-7-3-2-4-8-14)22-21(28-19)23-20(27)15-11-17(26)24(12-15)16-9-5-6-10-16/h2-4,7-8,15-16H,5-6,9-12H2,1H3,(H,22,23,27)/t15-/m1/s1. The van der Waals surface area contributed by atoms with Gasteiger partial charge in [-0.3, -0.25) is 14.4 Å². The van der Waals surface area contributed by atoms with E-state index in [1.165, 1.54) is 18.3 Å². The van der Waals surface area contributed by atoms with Crippen molar-refractivity contribution < 1.29 is 14.4 Å². The van der Waals surface area contributed by atoms with Crippen LogP contribution in [0.5, 0.6) is 0 Å². The molecule has 2 aliphatic rings. The maximum Gasteiger partial charge on any atom is 0.231 e. The van der Waals surface area contributed by atoms with E-state index in [4.69, 9.17) is 0 Å². The molecule has 0 bridgehead atoms. The fraction of sp³-hybridized carbons (Fsp3) is 0.429. The number of benzene rings is 1. The minimum absolute atomic E-state index is 0.0700. The first-order chi connectivity index (χ1) is 13.5. The second-order valence-electron chi connectivity index (χ2n) is 7.49. The van der Waals surface area contributed by atoms with Crippen molar-refractivity contribution in [3.8, 4) is 11.3 Å². The molecule has 0 spiro atoms. The molecule has 1 saturated carbocycles. The van der Waals surface area contributed by atoms with E-state index < -0.39 is 0 Å². The Morgan fingerprint density at radius 1 is 1.18 bits per heavy atom. The van der Waals surface area contributed by atoms with E-state index in [0.717, 1.165) is 31.2 Å². The molecule has 7 heteroatoms. The Kier molecular flexibility index (Phi) is 5.26. The maximum absolute atomic E-state index is 12.7. The highest BCUT2D eigenvalue weighted by molar-refractivity contribution is 7.18. The van der Waals surface area contributed by atoms with Gasteiger partial charge in [0.1, 0.15) is 0 Å². The Hall–Kier alpha value is -2.54. The van der Waals surface area contributed by atoms with Crippen molar-refractivity contribution in [1.29, 1.82) is 0 Å². The van der Waals surface area contributed by atoms with E-state index in [2.05, 4.69) is 10.3 Å². The van der Waals surface area contributed by atoms with Gasteiger partial charge in [0.05, 0.1) is 16.5 Å². The van der Waals surface area contributed by atoms with E-state index in [-0.39, 0.29) is 29.9 Å². The molecule has 1 N–H and O–H groups in total. The predicted molar refractivity (Wildman–Crippen MR) is 108 cm³/mol. The van der Waals surface area contributed by atoms with E-state index in [1.54, 1.807) is 0 Å². The summed E-state index contributed by atoms with van der Waals surface area (Å²) < 4.78 is 0. The van der Waals surface area contributed by atoms with Crippen LogP contribution in [0.15, 0.2) is 30.3 Å². The number of ketones is 1. The molecule has 1 aliphatic carbocycles. The quantitative estimate of drug-likeness (QED) is 0.780. The molecule has 1 atom stereocenters. The highest BCUT2D eigenvalue weighted by Gasteiger charge is 2.38. The highest BCUT2D eigenvalue weighted by Crippen LogP contribution is 2.33. The van der Waals surface area contributed by atoms with Crippen LogP contribution in [0, 0.1) is 5.92 Å². The Bertz CT molecular complexity index is 903. The Balaban J connectivity index is 1.49. The van der Waals surface area contributed by atoms with Gasteiger partial charge < -0.3 is 10.2 Å². The van der Waals surface area contributed by atoms with E-state index in [0.29, 0.717) is 28.3 Å². The zero-order valence-electron chi connectivity index (χ0n) is 15.8. The highest BCUT2D eigenvalue weighted by atomic mass is 32.1. The molecule has 6 nitrogen and oxygen atoms in total. The molecule has 2 heterocycles. The van der Waals surface area contributed by atoms with Crippen LogP contribution >= 0.6 is 11.3 Å². The Morgan fingerprint density at radius 2 is 1.89 bits per heavy atom. The number of thiazole rings is 1. The first-order valence-electron chi connectivity index (χ1n) is 9.70. The molecule has 1 saturated heterocycles. The molecule has 2 aromatic rings. The number of carbonyl (C=O) groups excluding carboxylic acids is 3. The van der Waals surface area contributed by atoms with E-state index >= 15 is 0 Å². The van der Waals surface area contributed by atoms with Gasteiger partial charge in [-0.05, 0) is 12.8 Å². The molecule has 28 heavy (non-hydrogen) atoms. The molecule has 4 rings (SSSR count). The van der Waals surface area contributed by atoms with Gasteiger partial charge in [-0.2, -0.15) is 0 Å². The van der Waals surface area contributed by atoms with Gasteiger partial charge in [0.15, 0.2) is 10.9 Å². The van der Waals surface area contributed by atoms with Crippen molar-refractivity contribution in [3.63, 3.8) is 0 Å². The number of hydrogen-bond acceptors (Lipinski definition) is 5. The van der Waals surface area contributed by atoms with Crippen molar-refractivity contribution in [1.82, 2.24) is 9.88 Å². The van der Waals surface area contributed by atoms with Gasteiger partial charge in [-0.25, -0.2) is 4.98 Å². The fourth-order valence-electron chi connectivity index (χ4n) is 4.09. The van der Waals surface area contributed by atoms with Crippen LogP contribution < -0.4 is 5.32 Å². The van der Waals surface area contributed by atoms with E-state index in [1.807, 2.05) is 35.2 Å². The van der Waals surface area contributed by atoms with Gasteiger partial charge in [0, 0.05) is 31.5 Å². The third-order valence-electron chi connectivity index (χ3n) is 5.52. The SMILES string of the molecule is CC(=O)c1sc(NC(=O)[C@@H]2CC(=O)N(C3CCCC3)C2)nc1-c1ccccc1. The van der Waals surface area contributed by atoms with Crippen molar-refractivity contribution >= 4 is 34.1 Å². The number of likely N-dealkylation sites (tertiary alicyclic amines) is 1. The van der Waals surface area contributed by atoms with Crippen LogP contribution in [0.25, 0.3) is 11.3 Å². The number of carbonyl (C=O) groups is 3. The molecule has 1 aromatic carbocycles. The van der Waals surface area contributed by atoms with Crippen LogP contribution in [0.3, 0.4) is 0 Å². The first kappa shape index (κ1) is 18.8. The summed E-state index contributed by atoms with van der Waals surface area (Å²) in [6.45, 7) is 1.98. The number of anilines is 1. The summed E-state index contributed by atoms with van der Waals surface area (Å²) in [5.74, 6) is -0.573. The Labute approximate surface area is 168 Å². The third-order valence-corrected chi connectivity index (χ3v) is 6.59. The number of nitrogens with one attached hydrogen (secondary N) is 1. The van der Waals surface area contributed by atoms with Crippen LogP contribution in [0.2, 0.25) is 0 Å². The van der Waals surface area contributed by atoms with Crippen LogP contribution in [-0.4, -0.2) is 40.1 Å². The smallest absolute Gasteiger partial charge is 0.231 e. The number of amides is 2. The summed E-state index contributed by atoms with van der Waals surface area (Å²) in [7, 11) is 0. The minimum Gasteiger partial charge on any atom is -0.339 e. The summed E-state index contributed by atoms with van der Waals surface area (Å²) in [6, 6.07) is 9.75. The zero-order chi connectivity index (χ0) is 19.7. The Morgan fingerprint density at radius 3 is 2.57 bits per heavy atom. The lowest BCUT2D eigenvalue weighted by Crippen LogP contribution is -2.35. The van der Waals surface area contributed by atoms with Gasteiger partial charge in [-0.15, -0.1) is 0 Å². The number of hydrogen-bond donors (Lipinski definition) is 1. The van der Waals surface area contributed by atoms with Crippen molar-refractivity contribution in [2.24, 2.45) is 5.92 Å². The molecule has 1 aromatic heterocycles. The summed E-state index contributed by atoms with van der Waals surface area (Å²) >= 11 is 1.19. The van der Waals surface area contributed by atoms with Gasteiger partial charge >= 0.3 is 0 Å². The largest absolute Gasteiger partial charge is 0.339 e. The normalized spacial score (nSPS) is 20.0. The molecule has 1 aliphatic heterocycles. The topological polar surface area (TPSA) is 79.4 Å². The summed E-state index contributed by atoms with van der Waals surface area (Å²) in [6.07, 6.45) is 4.63. The van der Waals surface area contributed by atoms with Crippen molar-refractivity contribution in [3.05, 3.63) is 35.2 Å². The second kappa shape index (κ2) is 7.83. The number of nitrogens with zero attached hydrogens (tertiary/aromatic N) is 2. The lowest BCUT2D eigenvalue weighted by molar-refractivity contribution is -0.129. The molecule has 146 valence electrons. The van der Waals surface area contributed by atoms with Crippen molar-refractivity contribution in [2.75, 3.05) is 11.9 Å². The average molecular weight is 398 g/mol. The molecule has 0 unspecified atom stereocenters. The van der Waals surface area contributed by atoms with Crippen molar-refractivity contribution in [2.45, 2.75) is 45.1 Å². The average Bonchev–Trinajstić information content (AvgIpc) is 3.41. The lowest BCUT2D eigenvalue weighted by atomic mass is 10.1. The lowest BCUT2D eigenvalue weighted by Gasteiger charge is -2.23. The fourth-order valence-corrected chi connectivity index (χ4v) is 4.97. The molecule has 2 fully saturated rings. The third kappa shape index (κ3) is 3.71. The zero-order valence-corrected chi connectivity index (χ0v) is 16.6. The molecular formula is C21H23N3O3S. The predicted octanol–water partition coefficient (Wildman–Crippen LogP) is 3.74. The number of rotatable bonds is 5. The van der Waals surface area contributed by atoms with Gasteiger partial charge in [-0.1, -0.05) is 54.5 Å². The van der Waals surface area contributed by atoms with E-state index in [9.17, 15) is 14.4 Å². The number of Topliss-reactive ketones (excluding diaryl/α,β-unsaturated/α-hetero) is 1. The summed E-state index contributed by atoms with van der Waals surface area (Å²) in [4.78, 5) is 44.0. The molecule has 0 radical (unpaired) electrons. The number of aromatic nitrogens is 1. The minimum atomic E-state index is -0.363. The maximum atomic E-state index is 12.7. The van der Waals surface area contributed by atoms with Gasteiger partial charge in [0.25, 0.3) is 0 Å². The summed E-state index contributed by atoms with van der Waals surface area (Å²) in [5, 5.41) is 3.24. The molecular weight excluding hydrogens is 374 g/mol.